The second-order valence-corrected chi connectivity index (χ2v) is 3.66. The number of rotatable bonds is 4. The quantitative estimate of drug-likeness (QED) is 0.770. The number of allylic oxidation sites excluding steroid dienone is 1. The Labute approximate surface area is 103 Å². The fourth-order valence-corrected chi connectivity index (χ4v) is 1.30. The molecule has 0 atom stereocenters. The maximum atomic E-state index is 12.7. The molecule has 0 spiro atoms. The Kier molecular flexibility index (Phi) is 3.57. The second kappa shape index (κ2) is 5.31. The number of benzene rings is 1. The van der Waals surface area contributed by atoms with Gasteiger partial charge in [-0.1, -0.05) is 0 Å². The van der Waals surface area contributed by atoms with Crippen molar-refractivity contribution >= 4 is 11.9 Å². The van der Waals surface area contributed by atoms with E-state index in [9.17, 15) is 9.18 Å². The van der Waals surface area contributed by atoms with Crippen LogP contribution in [0.15, 0.2) is 46.9 Å². The zero-order valence-electron chi connectivity index (χ0n) is 9.72. The Morgan fingerprint density at radius 1 is 1.22 bits per heavy atom. The van der Waals surface area contributed by atoms with Gasteiger partial charge in [-0.25, -0.2) is 4.39 Å². The maximum absolute atomic E-state index is 12.7. The summed E-state index contributed by atoms with van der Waals surface area (Å²) in [4.78, 5) is 10.8. The standard InChI is InChI=1S/C14H11FO3/c1-10(16)2-5-12-8-9-14(17-12)18-13-6-3-11(15)4-7-13/h2-9H,1H3/b5-2+. The van der Waals surface area contributed by atoms with E-state index in [1.165, 1.54) is 37.3 Å². The lowest BCUT2D eigenvalue weighted by atomic mass is 10.3. The Bertz CT molecular complexity index is 567. The lowest BCUT2D eigenvalue weighted by molar-refractivity contribution is -0.112. The summed E-state index contributed by atoms with van der Waals surface area (Å²) in [5, 5.41) is 0. The van der Waals surface area contributed by atoms with Gasteiger partial charge in [0.1, 0.15) is 17.3 Å². The first-order chi connectivity index (χ1) is 8.63. The predicted molar refractivity (Wildman–Crippen MR) is 64.9 cm³/mol. The summed E-state index contributed by atoms with van der Waals surface area (Å²) in [6.07, 6.45) is 2.96. The zero-order chi connectivity index (χ0) is 13.0. The highest BCUT2D eigenvalue weighted by Crippen LogP contribution is 2.24. The molecule has 0 radical (unpaired) electrons. The van der Waals surface area contributed by atoms with Gasteiger partial charge in [-0.2, -0.15) is 0 Å². The number of carbonyl (C=O) groups excluding carboxylic acids is 1. The van der Waals surface area contributed by atoms with Crippen molar-refractivity contribution < 1.29 is 18.3 Å². The van der Waals surface area contributed by atoms with E-state index in [-0.39, 0.29) is 17.5 Å². The first-order valence-corrected chi connectivity index (χ1v) is 5.35. The molecular weight excluding hydrogens is 235 g/mol. The summed E-state index contributed by atoms with van der Waals surface area (Å²) in [6.45, 7) is 1.45. The van der Waals surface area contributed by atoms with E-state index in [1.807, 2.05) is 0 Å². The highest BCUT2D eigenvalue weighted by molar-refractivity contribution is 5.91. The van der Waals surface area contributed by atoms with Gasteiger partial charge in [0, 0.05) is 6.07 Å². The maximum Gasteiger partial charge on any atom is 0.290 e. The number of furan rings is 1. The Balaban J connectivity index is 2.06. The second-order valence-electron chi connectivity index (χ2n) is 3.66. The lowest BCUT2D eigenvalue weighted by Gasteiger charge is -2.00. The van der Waals surface area contributed by atoms with Crippen molar-refractivity contribution in [3.05, 3.63) is 54.1 Å². The molecule has 0 N–H and O–H groups in total. The van der Waals surface area contributed by atoms with E-state index in [0.717, 1.165) is 0 Å². The highest BCUT2D eigenvalue weighted by Gasteiger charge is 2.02. The van der Waals surface area contributed by atoms with E-state index in [2.05, 4.69) is 0 Å². The van der Waals surface area contributed by atoms with E-state index in [4.69, 9.17) is 9.15 Å². The molecule has 0 aliphatic heterocycles. The van der Waals surface area contributed by atoms with E-state index in [0.29, 0.717) is 11.5 Å². The third kappa shape index (κ3) is 3.31. The summed E-state index contributed by atoms with van der Waals surface area (Å²) in [5.41, 5.74) is 0. The molecule has 4 heteroatoms. The summed E-state index contributed by atoms with van der Waals surface area (Å²) < 4.78 is 23.4. The number of ether oxygens (including phenoxy) is 1. The van der Waals surface area contributed by atoms with Crippen LogP contribution < -0.4 is 4.74 Å². The van der Waals surface area contributed by atoms with Gasteiger partial charge in [-0.05, 0) is 49.4 Å². The van der Waals surface area contributed by atoms with Crippen LogP contribution in [0.25, 0.3) is 6.08 Å². The minimum absolute atomic E-state index is 0.0626. The first kappa shape index (κ1) is 12.1. The Morgan fingerprint density at radius 2 is 1.94 bits per heavy atom. The average molecular weight is 246 g/mol. The monoisotopic (exact) mass is 246 g/mol. The molecule has 1 aromatic heterocycles. The van der Waals surface area contributed by atoms with Gasteiger partial charge in [0.2, 0.25) is 0 Å². The summed E-state index contributed by atoms with van der Waals surface area (Å²) in [5.74, 6) is 0.888. The molecule has 3 nitrogen and oxygen atoms in total. The van der Waals surface area contributed by atoms with Gasteiger partial charge in [0.05, 0.1) is 0 Å². The highest BCUT2D eigenvalue weighted by atomic mass is 19.1. The number of halogens is 1. The van der Waals surface area contributed by atoms with Crippen LogP contribution >= 0.6 is 0 Å². The molecule has 0 fully saturated rings. The van der Waals surface area contributed by atoms with Gasteiger partial charge in [0.15, 0.2) is 5.78 Å². The fourth-order valence-electron chi connectivity index (χ4n) is 1.30. The van der Waals surface area contributed by atoms with Crippen molar-refractivity contribution in [1.29, 1.82) is 0 Å². The molecular formula is C14H11FO3. The molecule has 92 valence electrons. The molecule has 18 heavy (non-hydrogen) atoms. The van der Waals surface area contributed by atoms with Crippen molar-refractivity contribution in [2.75, 3.05) is 0 Å². The van der Waals surface area contributed by atoms with Crippen LogP contribution in [0.5, 0.6) is 11.7 Å². The van der Waals surface area contributed by atoms with Crippen LogP contribution in [0, 0.1) is 5.82 Å². The molecule has 1 aromatic carbocycles. The minimum Gasteiger partial charge on any atom is -0.426 e. The third-order valence-corrected chi connectivity index (χ3v) is 2.12. The van der Waals surface area contributed by atoms with E-state index < -0.39 is 0 Å². The van der Waals surface area contributed by atoms with Crippen molar-refractivity contribution in [1.82, 2.24) is 0 Å². The zero-order valence-corrected chi connectivity index (χ0v) is 9.72. The van der Waals surface area contributed by atoms with Gasteiger partial charge in [-0.3, -0.25) is 4.79 Å². The van der Waals surface area contributed by atoms with Crippen molar-refractivity contribution in [2.24, 2.45) is 0 Å². The molecule has 2 aromatic rings. The van der Waals surface area contributed by atoms with Gasteiger partial charge >= 0.3 is 0 Å². The molecule has 0 aliphatic carbocycles. The topological polar surface area (TPSA) is 39.4 Å². The summed E-state index contributed by atoms with van der Waals surface area (Å²) in [7, 11) is 0. The Morgan fingerprint density at radius 3 is 2.61 bits per heavy atom. The molecule has 0 amide bonds. The molecule has 0 saturated carbocycles. The van der Waals surface area contributed by atoms with Crippen molar-refractivity contribution in [2.45, 2.75) is 6.92 Å². The summed E-state index contributed by atoms with van der Waals surface area (Å²) >= 11 is 0. The number of carbonyl (C=O) groups is 1. The van der Waals surface area contributed by atoms with Crippen LogP contribution in [0.3, 0.4) is 0 Å². The van der Waals surface area contributed by atoms with E-state index >= 15 is 0 Å². The van der Waals surface area contributed by atoms with E-state index in [1.54, 1.807) is 18.2 Å². The van der Waals surface area contributed by atoms with Crippen LogP contribution in [0.2, 0.25) is 0 Å². The van der Waals surface area contributed by atoms with Crippen LogP contribution in [-0.2, 0) is 4.79 Å². The van der Waals surface area contributed by atoms with Gasteiger partial charge in [0.25, 0.3) is 5.95 Å². The number of hydrogen-bond acceptors (Lipinski definition) is 3. The van der Waals surface area contributed by atoms with Crippen molar-refractivity contribution in [3.63, 3.8) is 0 Å². The molecule has 1 heterocycles. The largest absolute Gasteiger partial charge is 0.426 e. The van der Waals surface area contributed by atoms with Crippen LogP contribution in [-0.4, -0.2) is 5.78 Å². The molecule has 0 saturated heterocycles. The summed E-state index contributed by atoms with van der Waals surface area (Å²) in [6, 6.07) is 8.91. The fraction of sp³-hybridized carbons (Fsp3) is 0.0714. The smallest absolute Gasteiger partial charge is 0.290 e. The Hall–Kier alpha value is -2.36. The number of ketones is 1. The average Bonchev–Trinajstić information content (AvgIpc) is 2.77. The molecule has 2 rings (SSSR count). The molecule has 0 aliphatic rings. The molecule has 0 bridgehead atoms. The first-order valence-electron chi connectivity index (χ1n) is 5.35. The molecule has 0 unspecified atom stereocenters. The normalized spacial score (nSPS) is 10.8. The third-order valence-electron chi connectivity index (χ3n) is 2.12. The van der Waals surface area contributed by atoms with Crippen LogP contribution in [0.1, 0.15) is 12.7 Å². The van der Waals surface area contributed by atoms with Crippen molar-refractivity contribution in [3.8, 4) is 11.7 Å². The predicted octanol–water partition coefficient (Wildman–Crippen LogP) is 3.81. The van der Waals surface area contributed by atoms with Gasteiger partial charge in [-0.15, -0.1) is 0 Å². The lowest BCUT2D eigenvalue weighted by Crippen LogP contribution is -1.81. The number of hydrogen-bond donors (Lipinski definition) is 0. The minimum atomic E-state index is -0.327. The van der Waals surface area contributed by atoms with Crippen LogP contribution in [0.4, 0.5) is 4.39 Å². The van der Waals surface area contributed by atoms with Gasteiger partial charge < -0.3 is 9.15 Å². The SMILES string of the molecule is CC(=O)/C=C/c1ccc(Oc2ccc(F)cc2)o1.